The van der Waals surface area contributed by atoms with Gasteiger partial charge in [-0.15, -0.1) is 0 Å². The molecule has 3 heteroatoms. The van der Waals surface area contributed by atoms with Crippen LogP contribution in [-0.2, 0) is 13.1 Å². The van der Waals surface area contributed by atoms with E-state index >= 15 is 0 Å². The van der Waals surface area contributed by atoms with E-state index in [4.69, 9.17) is 0 Å². The molecule has 0 aliphatic carbocycles. The van der Waals surface area contributed by atoms with E-state index in [1.807, 2.05) is 12.4 Å². The number of aromatic nitrogens is 1. The number of nitrogens with zero attached hydrogens (tertiary/aromatic N) is 1. The highest BCUT2D eigenvalue weighted by atomic mass is 15.3. The zero-order valence-corrected chi connectivity index (χ0v) is 14.0. The summed E-state index contributed by atoms with van der Waals surface area (Å²) in [5.41, 5.74) is 2.89. The van der Waals surface area contributed by atoms with Crippen LogP contribution in [0.4, 0.5) is 0 Å². The van der Waals surface area contributed by atoms with Crippen LogP contribution >= 0.6 is 0 Å². The molecule has 1 aliphatic rings. The Morgan fingerprint density at radius 2 is 1.38 bits per heavy atom. The van der Waals surface area contributed by atoms with Gasteiger partial charge in [-0.3, -0.25) is 4.98 Å². The molecule has 3 aromatic rings. The molecule has 0 saturated carbocycles. The van der Waals surface area contributed by atoms with Crippen molar-refractivity contribution in [3.8, 4) is 0 Å². The summed E-state index contributed by atoms with van der Waals surface area (Å²) in [7, 11) is 0. The van der Waals surface area contributed by atoms with Crippen LogP contribution in [0, 0.1) is 0 Å². The maximum absolute atomic E-state index is 4.11. The molecule has 4 rings (SSSR count). The molecule has 0 atom stereocenters. The summed E-state index contributed by atoms with van der Waals surface area (Å²) in [6.07, 6.45) is 3.80. The lowest BCUT2D eigenvalue weighted by molar-refractivity contribution is -1.02. The lowest BCUT2D eigenvalue weighted by Crippen LogP contribution is -3.27. The molecule has 2 aromatic carbocycles. The molecule has 1 aliphatic heterocycles. The summed E-state index contributed by atoms with van der Waals surface area (Å²) in [6.45, 7) is 7.28. The summed E-state index contributed by atoms with van der Waals surface area (Å²) in [4.78, 5) is 7.52. The van der Waals surface area contributed by atoms with Crippen molar-refractivity contribution in [2.75, 3.05) is 26.2 Å². The van der Waals surface area contributed by atoms with Crippen LogP contribution < -0.4 is 9.80 Å². The Morgan fingerprint density at radius 1 is 0.708 bits per heavy atom. The Labute approximate surface area is 143 Å². The first-order valence-electron chi connectivity index (χ1n) is 8.91. The number of fused-ring (bicyclic) bond motifs is 1. The van der Waals surface area contributed by atoms with Gasteiger partial charge < -0.3 is 9.80 Å². The Bertz CT molecular complexity index is 787. The van der Waals surface area contributed by atoms with Gasteiger partial charge in [-0.1, -0.05) is 42.5 Å². The van der Waals surface area contributed by atoms with E-state index in [9.17, 15) is 0 Å². The Hall–Kier alpha value is -2.23. The van der Waals surface area contributed by atoms with Gasteiger partial charge in [0.25, 0.3) is 0 Å². The number of benzene rings is 2. The molecule has 2 N–H and O–H groups in total. The van der Waals surface area contributed by atoms with E-state index in [1.54, 1.807) is 9.80 Å². The lowest BCUT2D eigenvalue weighted by atomic mass is 10.0. The molecule has 1 fully saturated rings. The quantitative estimate of drug-likeness (QED) is 0.727. The number of pyridine rings is 1. The molecular formula is C21H25N3+2. The van der Waals surface area contributed by atoms with E-state index in [2.05, 4.69) is 59.6 Å². The fraction of sp³-hybridized carbons (Fsp3) is 0.286. The van der Waals surface area contributed by atoms with Crippen molar-refractivity contribution >= 4 is 10.8 Å². The van der Waals surface area contributed by atoms with Gasteiger partial charge in [0, 0.05) is 23.5 Å². The summed E-state index contributed by atoms with van der Waals surface area (Å²) in [5.74, 6) is 0. The predicted octanol–water partition coefficient (Wildman–Crippen LogP) is 0.718. The molecule has 0 bridgehead atoms. The Morgan fingerprint density at radius 3 is 2.17 bits per heavy atom. The van der Waals surface area contributed by atoms with Crippen molar-refractivity contribution in [3.63, 3.8) is 0 Å². The highest BCUT2D eigenvalue weighted by molar-refractivity contribution is 5.85. The van der Waals surface area contributed by atoms with Gasteiger partial charge in [-0.2, -0.15) is 0 Å². The van der Waals surface area contributed by atoms with E-state index in [0.717, 1.165) is 13.1 Å². The van der Waals surface area contributed by atoms with E-state index < -0.39 is 0 Å². The molecule has 0 unspecified atom stereocenters. The topological polar surface area (TPSA) is 21.8 Å². The molecule has 122 valence electrons. The Kier molecular flexibility index (Phi) is 4.54. The van der Waals surface area contributed by atoms with Crippen molar-refractivity contribution in [2.24, 2.45) is 0 Å². The maximum atomic E-state index is 4.11. The number of hydrogen-bond acceptors (Lipinski definition) is 1. The fourth-order valence-corrected chi connectivity index (χ4v) is 3.82. The minimum absolute atomic E-state index is 1.13. The highest BCUT2D eigenvalue weighted by Gasteiger charge is 2.23. The molecular weight excluding hydrogens is 294 g/mol. The maximum Gasteiger partial charge on any atom is 0.127 e. The molecule has 2 heterocycles. The standard InChI is InChI=1S/C21H23N3/c1-2-7-21-19(4-1)5-3-6-20(21)17-24-14-12-23(13-15-24)16-18-8-10-22-11-9-18/h1-11H,12-17H2/p+2. The second kappa shape index (κ2) is 7.12. The van der Waals surface area contributed by atoms with Crippen LogP contribution in [0.1, 0.15) is 11.1 Å². The minimum atomic E-state index is 1.13. The van der Waals surface area contributed by atoms with Crippen molar-refractivity contribution in [3.05, 3.63) is 78.1 Å². The average molecular weight is 319 g/mol. The van der Waals surface area contributed by atoms with E-state index in [1.165, 1.54) is 48.1 Å². The molecule has 24 heavy (non-hydrogen) atoms. The summed E-state index contributed by atoms with van der Waals surface area (Å²) in [5, 5.41) is 2.77. The zero-order valence-electron chi connectivity index (χ0n) is 14.0. The SMILES string of the molecule is c1ccc2c(C[NH+]3CC[NH+](Cc4ccncc4)CC3)cccc2c1. The van der Waals surface area contributed by atoms with E-state index in [0.29, 0.717) is 0 Å². The fourth-order valence-electron chi connectivity index (χ4n) is 3.82. The molecule has 1 aromatic heterocycles. The third-order valence-corrected chi connectivity index (χ3v) is 5.19. The van der Waals surface area contributed by atoms with Gasteiger partial charge in [0.15, 0.2) is 0 Å². The number of piperazine rings is 1. The largest absolute Gasteiger partial charge is 0.322 e. The second-order valence-corrected chi connectivity index (χ2v) is 6.85. The van der Waals surface area contributed by atoms with Crippen LogP contribution in [0.5, 0.6) is 0 Å². The third kappa shape index (κ3) is 3.48. The highest BCUT2D eigenvalue weighted by Crippen LogP contribution is 2.17. The normalized spacial score (nSPS) is 21.0. The second-order valence-electron chi connectivity index (χ2n) is 6.85. The van der Waals surface area contributed by atoms with Gasteiger partial charge in [0.2, 0.25) is 0 Å². The van der Waals surface area contributed by atoms with Gasteiger partial charge in [-0.25, -0.2) is 0 Å². The summed E-state index contributed by atoms with van der Waals surface area (Å²) < 4.78 is 0. The lowest BCUT2D eigenvalue weighted by Gasteiger charge is -2.30. The Balaban J connectivity index is 1.38. The minimum Gasteiger partial charge on any atom is -0.322 e. The smallest absolute Gasteiger partial charge is 0.127 e. The molecule has 0 spiro atoms. The van der Waals surface area contributed by atoms with Crippen LogP contribution in [0.2, 0.25) is 0 Å². The summed E-state index contributed by atoms with van der Waals surface area (Å²) >= 11 is 0. The van der Waals surface area contributed by atoms with Crippen molar-refractivity contribution in [2.45, 2.75) is 13.1 Å². The van der Waals surface area contributed by atoms with Gasteiger partial charge in [0.1, 0.15) is 39.3 Å². The first-order valence-corrected chi connectivity index (χ1v) is 8.91. The number of quaternary nitrogens is 2. The number of hydrogen-bond donors (Lipinski definition) is 2. The molecule has 0 radical (unpaired) electrons. The van der Waals surface area contributed by atoms with Crippen molar-refractivity contribution in [1.82, 2.24) is 4.98 Å². The molecule has 3 nitrogen and oxygen atoms in total. The third-order valence-electron chi connectivity index (χ3n) is 5.19. The van der Waals surface area contributed by atoms with E-state index in [-0.39, 0.29) is 0 Å². The van der Waals surface area contributed by atoms with Crippen LogP contribution in [0.25, 0.3) is 10.8 Å². The first kappa shape index (κ1) is 15.3. The zero-order chi connectivity index (χ0) is 16.2. The van der Waals surface area contributed by atoms with Crippen LogP contribution in [-0.4, -0.2) is 31.2 Å². The summed E-state index contributed by atoms with van der Waals surface area (Å²) in [6, 6.07) is 19.7. The monoisotopic (exact) mass is 319 g/mol. The van der Waals surface area contributed by atoms with Crippen LogP contribution in [0.15, 0.2) is 67.0 Å². The number of rotatable bonds is 4. The van der Waals surface area contributed by atoms with Crippen molar-refractivity contribution in [1.29, 1.82) is 0 Å². The van der Waals surface area contributed by atoms with Gasteiger partial charge in [0.05, 0.1) is 0 Å². The van der Waals surface area contributed by atoms with Gasteiger partial charge in [-0.05, 0) is 22.9 Å². The van der Waals surface area contributed by atoms with Gasteiger partial charge >= 0.3 is 0 Å². The molecule has 1 saturated heterocycles. The number of nitrogens with one attached hydrogen (secondary N) is 2. The molecule has 0 amide bonds. The predicted molar refractivity (Wildman–Crippen MR) is 97.0 cm³/mol. The first-order chi connectivity index (χ1) is 11.9. The average Bonchev–Trinajstić information content (AvgIpc) is 2.65. The van der Waals surface area contributed by atoms with Crippen molar-refractivity contribution < 1.29 is 9.80 Å². The van der Waals surface area contributed by atoms with Crippen LogP contribution in [0.3, 0.4) is 0 Å².